The van der Waals surface area contributed by atoms with Crippen LogP contribution in [-0.2, 0) is 0 Å². The summed E-state index contributed by atoms with van der Waals surface area (Å²) in [6, 6.07) is 23.3. The molecule has 0 saturated heterocycles. The third-order valence-corrected chi connectivity index (χ3v) is 5.12. The van der Waals surface area contributed by atoms with Gasteiger partial charge in [-0.05, 0) is 41.1 Å². The van der Waals surface area contributed by atoms with Gasteiger partial charge in [-0.2, -0.15) is 0 Å². The van der Waals surface area contributed by atoms with Gasteiger partial charge in [-0.15, -0.1) is 0 Å². The molecule has 0 N–H and O–H groups in total. The van der Waals surface area contributed by atoms with Crippen molar-refractivity contribution < 1.29 is 4.42 Å². The number of pyridine rings is 1. The molecule has 126 valence electrons. The van der Waals surface area contributed by atoms with Crippen molar-refractivity contribution in [3.63, 3.8) is 0 Å². The maximum absolute atomic E-state index is 6.41. The van der Waals surface area contributed by atoms with Crippen LogP contribution in [0.5, 0.6) is 0 Å². The van der Waals surface area contributed by atoms with Gasteiger partial charge in [-0.1, -0.05) is 56.3 Å². The molecule has 0 aliphatic heterocycles. The highest BCUT2D eigenvalue weighted by Gasteiger charge is 2.15. The zero-order valence-electron chi connectivity index (χ0n) is 14.9. The predicted octanol–water partition coefficient (Wildman–Crippen LogP) is 6.92. The van der Waals surface area contributed by atoms with Crippen molar-refractivity contribution in [1.82, 2.24) is 4.98 Å². The first-order valence-electron chi connectivity index (χ1n) is 9.01. The maximum atomic E-state index is 6.41. The molecule has 2 heterocycles. The number of para-hydroxylation sites is 1. The largest absolute Gasteiger partial charge is 0.455 e. The van der Waals surface area contributed by atoms with Gasteiger partial charge in [0.25, 0.3) is 0 Å². The van der Waals surface area contributed by atoms with Crippen LogP contribution in [0, 0.1) is 0 Å². The van der Waals surface area contributed by atoms with Crippen LogP contribution in [0.3, 0.4) is 0 Å². The van der Waals surface area contributed by atoms with Crippen molar-refractivity contribution in [2.75, 3.05) is 0 Å². The summed E-state index contributed by atoms with van der Waals surface area (Å²) in [6.45, 7) is 4.40. The molecule has 2 nitrogen and oxygen atoms in total. The fourth-order valence-corrected chi connectivity index (χ4v) is 3.68. The number of hydrogen-bond acceptors (Lipinski definition) is 2. The molecule has 5 rings (SSSR count). The van der Waals surface area contributed by atoms with Crippen molar-refractivity contribution >= 4 is 32.7 Å². The van der Waals surface area contributed by atoms with Crippen molar-refractivity contribution in [3.8, 4) is 11.3 Å². The molecule has 26 heavy (non-hydrogen) atoms. The highest BCUT2D eigenvalue weighted by molar-refractivity contribution is 6.17. The Kier molecular flexibility index (Phi) is 3.32. The fraction of sp³-hybridized carbons (Fsp3) is 0.125. The van der Waals surface area contributed by atoms with E-state index in [4.69, 9.17) is 4.42 Å². The summed E-state index contributed by atoms with van der Waals surface area (Å²) >= 11 is 0. The number of benzene rings is 3. The molecule has 2 aromatic heterocycles. The number of fused-ring (bicyclic) bond motifs is 5. The highest BCUT2D eigenvalue weighted by Crippen LogP contribution is 2.38. The van der Waals surface area contributed by atoms with E-state index in [-0.39, 0.29) is 0 Å². The Morgan fingerprint density at radius 1 is 0.769 bits per heavy atom. The molecule has 5 aromatic rings. The first-order valence-corrected chi connectivity index (χ1v) is 9.01. The average molecular weight is 337 g/mol. The van der Waals surface area contributed by atoms with Gasteiger partial charge in [0.1, 0.15) is 11.2 Å². The first kappa shape index (κ1) is 15.2. The van der Waals surface area contributed by atoms with Gasteiger partial charge in [0.05, 0.1) is 5.69 Å². The van der Waals surface area contributed by atoms with E-state index in [1.165, 1.54) is 10.9 Å². The Morgan fingerprint density at radius 3 is 2.46 bits per heavy atom. The lowest BCUT2D eigenvalue weighted by molar-refractivity contribution is 0.673. The molecule has 0 unspecified atom stereocenters. The Bertz CT molecular complexity index is 1260. The van der Waals surface area contributed by atoms with Crippen LogP contribution in [0.25, 0.3) is 44.0 Å². The second-order valence-corrected chi connectivity index (χ2v) is 7.08. The molecular weight excluding hydrogens is 318 g/mol. The minimum absolute atomic E-state index is 0.468. The minimum atomic E-state index is 0.468. The third kappa shape index (κ3) is 2.22. The molecule has 0 amide bonds. The number of rotatable bonds is 2. The van der Waals surface area contributed by atoms with E-state index >= 15 is 0 Å². The number of hydrogen-bond donors (Lipinski definition) is 0. The van der Waals surface area contributed by atoms with Gasteiger partial charge < -0.3 is 4.42 Å². The van der Waals surface area contributed by atoms with Crippen molar-refractivity contribution in [2.45, 2.75) is 19.8 Å². The van der Waals surface area contributed by atoms with Gasteiger partial charge in [-0.25, -0.2) is 0 Å². The van der Waals surface area contributed by atoms with E-state index in [1.807, 2.05) is 6.20 Å². The molecule has 0 saturated carbocycles. The van der Waals surface area contributed by atoms with Crippen LogP contribution < -0.4 is 0 Å². The normalized spacial score (nSPS) is 11.8. The van der Waals surface area contributed by atoms with Crippen molar-refractivity contribution in [2.24, 2.45) is 0 Å². The zero-order valence-corrected chi connectivity index (χ0v) is 14.9. The van der Waals surface area contributed by atoms with Gasteiger partial charge in [0, 0.05) is 27.9 Å². The molecule has 3 aromatic carbocycles. The predicted molar refractivity (Wildman–Crippen MR) is 109 cm³/mol. The molecule has 0 spiro atoms. The lowest BCUT2D eigenvalue weighted by atomic mass is 10.00. The van der Waals surface area contributed by atoms with Crippen LogP contribution in [0.4, 0.5) is 0 Å². The van der Waals surface area contributed by atoms with E-state index < -0.39 is 0 Å². The molecule has 0 fully saturated rings. The third-order valence-electron chi connectivity index (χ3n) is 5.12. The van der Waals surface area contributed by atoms with E-state index in [9.17, 15) is 0 Å². The van der Waals surface area contributed by atoms with Crippen LogP contribution >= 0.6 is 0 Å². The Morgan fingerprint density at radius 2 is 1.58 bits per heavy atom. The average Bonchev–Trinajstić information content (AvgIpc) is 3.07. The van der Waals surface area contributed by atoms with E-state index in [0.29, 0.717) is 5.92 Å². The Hall–Kier alpha value is -3.13. The molecule has 0 atom stereocenters. The summed E-state index contributed by atoms with van der Waals surface area (Å²) in [5, 5.41) is 4.64. The monoisotopic (exact) mass is 337 g/mol. The number of furan rings is 1. The standard InChI is InChI=1S/C24H19NO/c1-15(2)17-12-13-25-22(14-17)21-9-5-8-19-20-11-10-16-6-3-4-7-18(16)23(20)26-24(19)21/h3-15H,1-2H3. The summed E-state index contributed by atoms with van der Waals surface area (Å²) in [5.74, 6) is 0.468. The molecular formula is C24H19NO. The van der Waals surface area contributed by atoms with Crippen molar-refractivity contribution in [1.29, 1.82) is 0 Å². The topological polar surface area (TPSA) is 26.0 Å². The Balaban J connectivity index is 1.85. The van der Waals surface area contributed by atoms with Crippen molar-refractivity contribution in [3.05, 3.63) is 78.5 Å². The van der Waals surface area contributed by atoms with Gasteiger partial charge in [0.15, 0.2) is 0 Å². The molecule has 0 aliphatic rings. The molecule has 0 bridgehead atoms. The van der Waals surface area contributed by atoms with Crippen LogP contribution in [0.2, 0.25) is 0 Å². The molecule has 0 radical (unpaired) electrons. The molecule has 0 aliphatic carbocycles. The van der Waals surface area contributed by atoms with Gasteiger partial charge in [0.2, 0.25) is 0 Å². The second-order valence-electron chi connectivity index (χ2n) is 7.08. The number of nitrogens with zero attached hydrogens (tertiary/aromatic N) is 1. The quantitative estimate of drug-likeness (QED) is 0.349. The summed E-state index contributed by atoms with van der Waals surface area (Å²) < 4.78 is 6.41. The van der Waals surface area contributed by atoms with Gasteiger partial charge in [-0.3, -0.25) is 4.98 Å². The zero-order chi connectivity index (χ0) is 17.7. The van der Waals surface area contributed by atoms with Crippen LogP contribution in [-0.4, -0.2) is 4.98 Å². The van der Waals surface area contributed by atoms with Crippen LogP contribution in [0.15, 0.2) is 77.3 Å². The van der Waals surface area contributed by atoms with E-state index in [2.05, 4.69) is 85.6 Å². The highest BCUT2D eigenvalue weighted by atomic mass is 16.3. The second kappa shape index (κ2) is 5.70. The maximum Gasteiger partial charge on any atom is 0.144 e. The Labute approximate surface area is 152 Å². The summed E-state index contributed by atoms with van der Waals surface area (Å²) in [5.41, 5.74) is 5.15. The van der Waals surface area contributed by atoms with Gasteiger partial charge >= 0.3 is 0 Å². The lowest BCUT2D eigenvalue weighted by Gasteiger charge is -2.07. The lowest BCUT2D eigenvalue weighted by Crippen LogP contribution is -1.90. The fourth-order valence-electron chi connectivity index (χ4n) is 3.68. The minimum Gasteiger partial charge on any atom is -0.455 e. The van der Waals surface area contributed by atoms with E-state index in [0.717, 1.165) is 38.6 Å². The SMILES string of the molecule is CC(C)c1ccnc(-c2cccc3c2oc2c4ccccc4ccc32)c1. The smallest absolute Gasteiger partial charge is 0.144 e. The van der Waals surface area contributed by atoms with E-state index in [1.54, 1.807) is 0 Å². The first-order chi connectivity index (χ1) is 12.7. The summed E-state index contributed by atoms with van der Waals surface area (Å²) in [6.07, 6.45) is 1.89. The van der Waals surface area contributed by atoms with Crippen LogP contribution in [0.1, 0.15) is 25.3 Å². The number of aromatic nitrogens is 1. The molecule has 2 heteroatoms. The summed E-state index contributed by atoms with van der Waals surface area (Å²) in [4.78, 5) is 4.61. The summed E-state index contributed by atoms with van der Waals surface area (Å²) in [7, 11) is 0.